The number of esters is 1. The van der Waals surface area contributed by atoms with Gasteiger partial charge in [0, 0.05) is 18.2 Å². The highest BCUT2D eigenvalue weighted by molar-refractivity contribution is 5.84. The smallest absolute Gasteiger partial charge is 0.323 e. The van der Waals surface area contributed by atoms with Crippen LogP contribution in [0, 0.1) is 0 Å². The molecule has 0 spiro atoms. The summed E-state index contributed by atoms with van der Waals surface area (Å²) in [4.78, 5) is 11.4. The number of carbonyl (C=O) groups is 1. The first kappa shape index (κ1) is 11.7. The second-order valence-corrected chi connectivity index (χ2v) is 3.86. The maximum absolute atomic E-state index is 11.4. The van der Waals surface area contributed by atoms with E-state index < -0.39 is 6.04 Å². The number of para-hydroxylation sites is 1. The lowest BCUT2D eigenvalue weighted by Gasteiger charge is -2.11. The van der Waals surface area contributed by atoms with E-state index in [0.29, 0.717) is 13.0 Å². The van der Waals surface area contributed by atoms with Crippen LogP contribution in [0.5, 0.6) is 0 Å². The summed E-state index contributed by atoms with van der Waals surface area (Å²) < 4.78 is 4.88. The Morgan fingerprint density at radius 1 is 1.47 bits per heavy atom. The molecule has 1 heterocycles. The van der Waals surface area contributed by atoms with Gasteiger partial charge in [0.1, 0.15) is 6.04 Å². The molecule has 17 heavy (non-hydrogen) atoms. The van der Waals surface area contributed by atoms with Gasteiger partial charge in [0.2, 0.25) is 0 Å². The minimum Gasteiger partial charge on any atom is -0.465 e. The van der Waals surface area contributed by atoms with Crippen molar-refractivity contribution >= 4 is 17.2 Å². The Balaban J connectivity index is 2.04. The molecular formula is C13H15N2O2. The number of ether oxygens (including phenoxy) is 1. The minimum absolute atomic E-state index is 0.354. The number of nitrogens with two attached hydrogens (primary N) is 1. The Morgan fingerprint density at radius 3 is 3.00 bits per heavy atom. The van der Waals surface area contributed by atoms with E-state index in [1.54, 1.807) is 13.1 Å². The van der Waals surface area contributed by atoms with Crippen LogP contribution < -0.4 is 11.1 Å². The first-order valence-corrected chi connectivity index (χ1v) is 5.64. The van der Waals surface area contributed by atoms with E-state index in [4.69, 9.17) is 10.5 Å². The summed E-state index contributed by atoms with van der Waals surface area (Å²) in [7, 11) is 0. The second kappa shape index (κ2) is 5.01. The molecule has 4 nitrogen and oxygen atoms in total. The Morgan fingerprint density at radius 2 is 2.24 bits per heavy atom. The van der Waals surface area contributed by atoms with Gasteiger partial charge < -0.3 is 10.5 Å². The van der Waals surface area contributed by atoms with Crippen LogP contribution in [0.25, 0.3) is 5.57 Å². The Bertz CT molecular complexity index is 454. The molecule has 1 aliphatic heterocycles. The van der Waals surface area contributed by atoms with Crippen LogP contribution in [-0.4, -0.2) is 18.6 Å². The van der Waals surface area contributed by atoms with Gasteiger partial charge in [-0.1, -0.05) is 18.2 Å². The molecule has 0 unspecified atom stereocenters. The van der Waals surface area contributed by atoms with Gasteiger partial charge in [0.05, 0.1) is 12.3 Å². The molecule has 0 fully saturated rings. The van der Waals surface area contributed by atoms with Crippen molar-refractivity contribution in [2.75, 3.05) is 6.61 Å². The summed E-state index contributed by atoms with van der Waals surface area (Å²) in [6, 6.07) is 7.18. The van der Waals surface area contributed by atoms with Crippen molar-refractivity contribution in [2.45, 2.75) is 19.4 Å². The second-order valence-electron chi connectivity index (χ2n) is 3.86. The molecule has 1 radical (unpaired) electrons. The molecule has 0 saturated heterocycles. The van der Waals surface area contributed by atoms with Gasteiger partial charge >= 0.3 is 5.97 Å². The number of carbonyl (C=O) groups excluding carboxylic acids is 1. The molecule has 1 aliphatic rings. The van der Waals surface area contributed by atoms with Crippen molar-refractivity contribution in [1.29, 1.82) is 0 Å². The topological polar surface area (TPSA) is 66.4 Å². The number of fused-ring (bicyclic) bond motifs is 1. The van der Waals surface area contributed by atoms with E-state index >= 15 is 0 Å². The van der Waals surface area contributed by atoms with Gasteiger partial charge in [0.15, 0.2) is 0 Å². The molecule has 2 rings (SSSR count). The summed E-state index contributed by atoms with van der Waals surface area (Å²) in [6.45, 7) is 2.12. The van der Waals surface area contributed by atoms with Gasteiger partial charge in [-0.2, -0.15) is 0 Å². The summed E-state index contributed by atoms with van der Waals surface area (Å²) >= 11 is 0. The van der Waals surface area contributed by atoms with E-state index in [2.05, 4.69) is 5.32 Å². The van der Waals surface area contributed by atoms with Crippen LogP contribution in [-0.2, 0) is 9.53 Å². The third-order valence-corrected chi connectivity index (χ3v) is 2.64. The zero-order valence-corrected chi connectivity index (χ0v) is 9.72. The molecule has 1 aromatic rings. The van der Waals surface area contributed by atoms with E-state index in [0.717, 1.165) is 16.8 Å². The van der Waals surface area contributed by atoms with Crippen molar-refractivity contribution in [2.24, 2.45) is 5.73 Å². The monoisotopic (exact) mass is 231 g/mol. The normalized spacial score (nSPS) is 14.6. The van der Waals surface area contributed by atoms with E-state index in [1.807, 2.05) is 24.3 Å². The standard InChI is InChI=1S/C13H15N2O2/c1-2-17-13(16)11(14)7-9-8-15-12-6-4-3-5-10(9)12/h3-6,8,11H,2,7,14H2,1H3/t11-/m1/s1. The van der Waals surface area contributed by atoms with E-state index in [-0.39, 0.29) is 5.97 Å². The zero-order valence-electron chi connectivity index (χ0n) is 9.72. The Labute approximate surface area is 100 Å². The fourth-order valence-corrected chi connectivity index (χ4v) is 1.81. The molecule has 1 atom stereocenters. The first-order chi connectivity index (χ1) is 8.22. The highest BCUT2D eigenvalue weighted by atomic mass is 16.5. The molecule has 0 aromatic heterocycles. The largest absolute Gasteiger partial charge is 0.465 e. The fourth-order valence-electron chi connectivity index (χ4n) is 1.81. The molecule has 2 N–H and O–H groups in total. The van der Waals surface area contributed by atoms with Crippen LogP contribution in [0.1, 0.15) is 18.9 Å². The molecule has 0 aliphatic carbocycles. The highest BCUT2D eigenvalue weighted by Gasteiger charge is 2.21. The fraction of sp³-hybridized carbons (Fsp3) is 0.308. The van der Waals surface area contributed by atoms with Gasteiger partial charge in [-0.15, -0.1) is 0 Å². The predicted octanol–water partition coefficient (Wildman–Crippen LogP) is 1.56. The number of nitrogens with zero attached hydrogens (tertiary/aromatic N) is 1. The van der Waals surface area contributed by atoms with Crippen molar-refractivity contribution in [1.82, 2.24) is 5.32 Å². The molecule has 0 bridgehead atoms. The maximum atomic E-state index is 11.4. The number of rotatable bonds is 4. The van der Waals surface area contributed by atoms with Crippen LogP contribution in [0.2, 0.25) is 0 Å². The van der Waals surface area contributed by atoms with Gasteiger partial charge in [-0.25, -0.2) is 0 Å². The molecule has 0 saturated carbocycles. The Hall–Kier alpha value is -1.81. The van der Waals surface area contributed by atoms with Crippen LogP contribution in [0.15, 0.2) is 30.5 Å². The van der Waals surface area contributed by atoms with Crippen molar-refractivity contribution in [3.63, 3.8) is 0 Å². The van der Waals surface area contributed by atoms with Gasteiger partial charge in [0.25, 0.3) is 0 Å². The third kappa shape index (κ3) is 2.47. The molecular weight excluding hydrogens is 216 g/mol. The average molecular weight is 231 g/mol. The highest BCUT2D eigenvalue weighted by Crippen LogP contribution is 2.32. The average Bonchev–Trinajstić information content (AvgIpc) is 2.73. The van der Waals surface area contributed by atoms with E-state index in [9.17, 15) is 4.79 Å². The summed E-state index contributed by atoms with van der Waals surface area (Å²) in [5.41, 5.74) is 8.75. The number of hydrogen-bond donors (Lipinski definition) is 1. The van der Waals surface area contributed by atoms with E-state index in [1.165, 1.54) is 0 Å². The van der Waals surface area contributed by atoms with Crippen LogP contribution >= 0.6 is 0 Å². The molecule has 1 aromatic carbocycles. The maximum Gasteiger partial charge on any atom is 0.323 e. The third-order valence-electron chi connectivity index (χ3n) is 2.64. The lowest BCUT2D eigenvalue weighted by atomic mass is 10.0. The first-order valence-electron chi connectivity index (χ1n) is 5.64. The molecule has 0 amide bonds. The minimum atomic E-state index is -0.623. The number of benzene rings is 1. The lowest BCUT2D eigenvalue weighted by molar-refractivity contribution is -0.144. The summed E-state index contributed by atoms with van der Waals surface area (Å²) in [5, 5.41) is 4.27. The predicted molar refractivity (Wildman–Crippen MR) is 65.4 cm³/mol. The van der Waals surface area contributed by atoms with Crippen molar-refractivity contribution < 1.29 is 9.53 Å². The molecule has 4 heteroatoms. The SMILES string of the molecule is CCOC(=O)[C@H](N)CC1=C[N]c2ccccc21. The zero-order chi connectivity index (χ0) is 12.3. The quantitative estimate of drug-likeness (QED) is 0.799. The summed E-state index contributed by atoms with van der Waals surface area (Å²) in [5.74, 6) is -0.363. The van der Waals surface area contributed by atoms with Crippen molar-refractivity contribution in [3.05, 3.63) is 36.0 Å². The number of hydrogen-bond acceptors (Lipinski definition) is 3. The summed E-state index contributed by atoms with van der Waals surface area (Å²) in [6.07, 6.45) is 2.23. The van der Waals surface area contributed by atoms with Crippen LogP contribution in [0.3, 0.4) is 0 Å². The van der Waals surface area contributed by atoms with Gasteiger partial charge in [-0.05, 0) is 18.6 Å². The van der Waals surface area contributed by atoms with Crippen molar-refractivity contribution in [3.8, 4) is 0 Å². The molecule has 89 valence electrons. The lowest BCUT2D eigenvalue weighted by Crippen LogP contribution is -2.32. The van der Waals surface area contributed by atoms with Crippen LogP contribution in [0.4, 0.5) is 5.69 Å². The Kier molecular flexibility index (Phi) is 3.44. The van der Waals surface area contributed by atoms with Gasteiger partial charge in [-0.3, -0.25) is 10.1 Å².